The number of hydrogen-bond acceptors (Lipinski definition) is 5. The number of ether oxygens (including phenoxy) is 1. The van der Waals surface area contributed by atoms with Gasteiger partial charge in [-0.15, -0.1) is 0 Å². The Morgan fingerprint density at radius 2 is 2.17 bits per heavy atom. The van der Waals surface area contributed by atoms with Gasteiger partial charge >= 0.3 is 5.97 Å². The van der Waals surface area contributed by atoms with E-state index in [1.165, 1.54) is 12.1 Å². The van der Waals surface area contributed by atoms with Crippen molar-refractivity contribution in [2.24, 2.45) is 0 Å². The van der Waals surface area contributed by atoms with Crippen molar-refractivity contribution in [3.8, 4) is 0 Å². The predicted octanol–water partition coefficient (Wildman–Crippen LogP) is 2.38. The van der Waals surface area contributed by atoms with Crippen LogP contribution in [0.2, 0.25) is 5.02 Å². The maximum Gasteiger partial charge on any atom is 0.343 e. The topological polar surface area (TPSA) is 91.4 Å². The second-order valence-electron chi connectivity index (χ2n) is 4.49. The quantitative estimate of drug-likeness (QED) is 0.484. The van der Waals surface area contributed by atoms with Gasteiger partial charge in [0.25, 0.3) is 11.2 Å². The van der Waals surface area contributed by atoms with Gasteiger partial charge in [0.2, 0.25) is 0 Å². The summed E-state index contributed by atoms with van der Waals surface area (Å²) in [5, 5.41) is 11.0. The summed E-state index contributed by atoms with van der Waals surface area (Å²) in [6, 6.07) is 4.76. The number of pyridine rings is 1. The van der Waals surface area contributed by atoms with Gasteiger partial charge in [0.15, 0.2) is 0 Å². The van der Waals surface area contributed by atoms with Crippen LogP contribution in [0.1, 0.15) is 15.9 Å². The summed E-state index contributed by atoms with van der Waals surface area (Å²) in [5.74, 6) is -1.69. The first-order chi connectivity index (χ1) is 10.8. The molecule has 120 valence electrons. The molecule has 0 fully saturated rings. The second kappa shape index (κ2) is 6.57. The monoisotopic (exact) mass is 340 g/mol. The summed E-state index contributed by atoms with van der Waals surface area (Å²) in [7, 11) is 1.04. The minimum absolute atomic E-state index is 0.0208. The summed E-state index contributed by atoms with van der Waals surface area (Å²) in [6.07, 6.45) is 0.914. The highest BCUT2D eigenvalue weighted by molar-refractivity contribution is 6.31. The third-order valence-electron chi connectivity index (χ3n) is 3.08. The van der Waals surface area contributed by atoms with Crippen molar-refractivity contribution in [3.05, 3.63) is 72.9 Å². The van der Waals surface area contributed by atoms with Crippen molar-refractivity contribution in [2.45, 2.75) is 6.54 Å². The molecule has 23 heavy (non-hydrogen) atoms. The van der Waals surface area contributed by atoms with Crippen LogP contribution in [0.5, 0.6) is 0 Å². The fourth-order valence-corrected chi connectivity index (χ4v) is 2.17. The Kier molecular flexibility index (Phi) is 4.75. The van der Waals surface area contributed by atoms with E-state index >= 15 is 0 Å². The Labute approximate surface area is 134 Å². The van der Waals surface area contributed by atoms with Gasteiger partial charge in [-0.2, -0.15) is 0 Å². The van der Waals surface area contributed by atoms with Crippen molar-refractivity contribution in [2.75, 3.05) is 7.11 Å². The number of aromatic nitrogens is 1. The lowest BCUT2D eigenvalue weighted by molar-refractivity contribution is -0.385. The Morgan fingerprint density at radius 1 is 1.48 bits per heavy atom. The van der Waals surface area contributed by atoms with Crippen molar-refractivity contribution < 1.29 is 18.8 Å². The Hall–Kier alpha value is -2.74. The van der Waals surface area contributed by atoms with Crippen LogP contribution in [0.25, 0.3) is 0 Å². The maximum atomic E-state index is 13.8. The summed E-state index contributed by atoms with van der Waals surface area (Å²) in [5.41, 5.74) is -1.89. The molecule has 0 aliphatic carbocycles. The highest BCUT2D eigenvalue weighted by Crippen LogP contribution is 2.20. The van der Waals surface area contributed by atoms with Crippen LogP contribution in [0.4, 0.5) is 10.1 Å². The van der Waals surface area contributed by atoms with Crippen LogP contribution < -0.4 is 5.56 Å². The molecule has 1 aromatic heterocycles. The molecule has 0 N–H and O–H groups in total. The van der Waals surface area contributed by atoms with E-state index in [0.717, 1.165) is 30.0 Å². The van der Waals surface area contributed by atoms with E-state index < -0.39 is 33.5 Å². The summed E-state index contributed by atoms with van der Waals surface area (Å²) in [6.45, 7) is -0.365. The molecule has 0 saturated carbocycles. The van der Waals surface area contributed by atoms with E-state index in [0.29, 0.717) is 0 Å². The molecule has 0 spiro atoms. The molecule has 0 atom stereocenters. The molecule has 0 amide bonds. The number of halogens is 2. The molecule has 2 aromatic rings. The minimum atomic E-state index is -1.02. The van der Waals surface area contributed by atoms with E-state index in [-0.39, 0.29) is 17.1 Å². The van der Waals surface area contributed by atoms with Crippen LogP contribution in [-0.2, 0) is 11.3 Å². The number of carbonyl (C=O) groups excluding carboxylic acids is 1. The molecule has 2 rings (SSSR count). The maximum absolute atomic E-state index is 13.8. The molecule has 0 bridgehead atoms. The third-order valence-corrected chi connectivity index (χ3v) is 3.43. The summed E-state index contributed by atoms with van der Waals surface area (Å²) in [4.78, 5) is 34.0. The molecular weight excluding hydrogens is 331 g/mol. The van der Waals surface area contributed by atoms with Gasteiger partial charge < -0.3 is 9.30 Å². The third kappa shape index (κ3) is 3.37. The van der Waals surface area contributed by atoms with E-state index in [1.807, 2.05) is 0 Å². The number of carbonyl (C=O) groups is 1. The largest absolute Gasteiger partial charge is 0.465 e. The number of nitrogens with zero attached hydrogens (tertiary/aromatic N) is 2. The molecule has 0 aliphatic rings. The average molecular weight is 341 g/mol. The van der Waals surface area contributed by atoms with Gasteiger partial charge in [0.1, 0.15) is 11.4 Å². The van der Waals surface area contributed by atoms with Gasteiger partial charge in [-0.25, -0.2) is 9.18 Å². The lowest BCUT2D eigenvalue weighted by atomic mass is 10.2. The van der Waals surface area contributed by atoms with Crippen molar-refractivity contribution in [1.29, 1.82) is 0 Å². The molecule has 0 aliphatic heterocycles. The predicted molar refractivity (Wildman–Crippen MR) is 79.2 cm³/mol. The molecule has 7 nitrogen and oxygen atoms in total. The van der Waals surface area contributed by atoms with Crippen molar-refractivity contribution in [1.82, 2.24) is 4.57 Å². The number of rotatable bonds is 4. The van der Waals surface area contributed by atoms with Gasteiger partial charge in [0, 0.05) is 16.7 Å². The highest BCUT2D eigenvalue weighted by atomic mass is 35.5. The number of esters is 1. The fourth-order valence-electron chi connectivity index (χ4n) is 1.95. The lowest BCUT2D eigenvalue weighted by Crippen LogP contribution is -2.27. The van der Waals surface area contributed by atoms with Gasteiger partial charge in [-0.1, -0.05) is 17.7 Å². The standard InChI is InChI=1S/C14H10ClFN2O5/c1-23-14(20)9-5-8(18(21)22)6-17(13(9)19)7-10-11(15)3-2-4-12(10)16/h2-6H,7H2,1H3. The zero-order chi connectivity index (χ0) is 17.1. The fraction of sp³-hybridized carbons (Fsp3) is 0.143. The first kappa shape index (κ1) is 16.6. The second-order valence-corrected chi connectivity index (χ2v) is 4.90. The Balaban J connectivity index is 2.62. The normalized spacial score (nSPS) is 10.4. The number of nitro groups is 1. The van der Waals surface area contributed by atoms with E-state index in [2.05, 4.69) is 4.74 Å². The smallest absolute Gasteiger partial charge is 0.343 e. The molecule has 0 unspecified atom stereocenters. The Bertz CT molecular complexity index is 829. The zero-order valence-corrected chi connectivity index (χ0v) is 12.5. The Morgan fingerprint density at radius 3 is 2.74 bits per heavy atom. The van der Waals surface area contributed by atoms with Crippen LogP contribution in [0.3, 0.4) is 0 Å². The number of methoxy groups -OCH3 is 1. The molecule has 9 heteroatoms. The van der Waals surface area contributed by atoms with Crippen molar-refractivity contribution >= 4 is 23.3 Å². The van der Waals surface area contributed by atoms with E-state index in [1.54, 1.807) is 0 Å². The van der Waals surface area contributed by atoms with E-state index in [9.17, 15) is 24.1 Å². The van der Waals surface area contributed by atoms with Crippen LogP contribution >= 0.6 is 11.6 Å². The highest BCUT2D eigenvalue weighted by Gasteiger charge is 2.20. The van der Waals surface area contributed by atoms with E-state index in [4.69, 9.17) is 11.6 Å². The number of hydrogen-bond donors (Lipinski definition) is 0. The lowest BCUT2D eigenvalue weighted by Gasteiger charge is -2.10. The molecule has 0 radical (unpaired) electrons. The molecule has 1 aromatic carbocycles. The summed E-state index contributed by atoms with van der Waals surface area (Å²) < 4.78 is 19.1. The van der Waals surface area contributed by atoms with Gasteiger partial charge in [-0.3, -0.25) is 14.9 Å². The van der Waals surface area contributed by atoms with Gasteiger partial charge in [-0.05, 0) is 12.1 Å². The van der Waals surface area contributed by atoms with Crippen LogP contribution in [0.15, 0.2) is 35.3 Å². The first-order valence-electron chi connectivity index (χ1n) is 6.25. The van der Waals surface area contributed by atoms with Crippen LogP contribution in [-0.4, -0.2) is 22.6 Å². The first-order valence-corrected chi connectivity index (χ1v) is 6.63. The van der Waals surface area contributed by atoms with Crippen LogP contribution in [0, 0.1) is 15.9 Å². The van der Waals surface area contributed by atoms with Crippen molar-refractivity contribution in [3.63, 3.8) is 0 Å². The number of benzene rings is 1. The summed E-state index contributed by atoms with van der Waals surface area (Å²) >= 11 is 5.88. The molecular formula is C14H10ClFN2O5. The molecule has 1 heterocycles. The minimum Gasteiger partial charge on any atom is -0.465 e. The average Bonchev–Trinajstić information content (AvgIpc) is 2.51. The SMILES string of the molecule is COC(=O)c1cc([N+](=O)[O-])cn(Cc2c(F)cccc2Cl)c1=O. The molecule has 0 saturated heterocycles. The zero-order valence-electron chi connectivity index (χ0n) is 11.8. The van der Waals surface area contributed by atoms with Gasteiger partial charge in [0.05, 0.1) is 24.8 Å².